The van der Waals surface area contributed by atoms with Gasteiger partial charge in [-0.2, -0.15) is 4.98 Å². The van der Waals surface area contributed by atoms with Gasteiger partial charge in [-0.3, -0.25) is 0 Å². The van der Waals surface area contributed by atoms with Crippen LogP contribution in [0.1, 0.15) is 44.2 Å². The molecule has 1 heterocycles. The lowest BCUT2D eigenvalue weighted by Gasteiger charge is -2.22. The number of ether oxygens (including phenoxy) is 1. The Bertz CT molecular complexity index is 755. The molecule has 1 aromatic heterocycles. The molecule has 0 aliphatic rings. The average molecular weight is 486 g/mol. The van der Waals surface area contributed by atoms with E-state index >= 15 is 0 Å². The van der Waals surface area contributed by atoms with Crippen molar-refractivity contribution in [2.45, 2.75) is 42.6 Å². The molecule has 10 heteroatoms. The second-order valence-corrected chi connectivity index (χ2v) is 9.75. The number of nitrogens with one attached hydrogen (secondary N) is 1. The monoisotopic (exact) mass is 483 g/mol. The molecule has 2 aromatic rings. The third-order valence-electron chi connectivity index (χ3n) is 3.03. The molecule has 0 spiro atoms. The minimum atomic E-state index is -1.86. The number of aromatic nitrogens is 2. The number of alkyl carbamates (subject to hydrolysis) is 1. The summed E-state index contributed by atoms with van der Waals surface area (Å²) in [5.74, 6) is -0.0866. The van der Waals surface area contributed by atoms with E-state index < -0.39 is 21.5 Å². The summed E-state index contributed by atoms with van der Waals surface area (Å²) in [5.41, 5.74) is 0.446. The molecular formula is C16H17BrCl3N3O3. The maximum Gasteiger partial charge on any atom is 0.408 e. The van der Waals surface area contributed by atoms with E-state index in [9.17, 15) is 4.79 Å². The Balaban J connectivity index is 2.24. The van der Waals surface area contributed by atoms with Crippen LogP contribution in [0.25, 0.3) is 0 Å². The number of carbonyl (C=O) groups excluding carboxylic acids is 1. The summed E-state index contributed by atoms with van der Waals surface area (Å²) in [6.45, 7) is 5.52. The third kappa shape index (κ3) is 6.61. The zero-order chi connectivity index (χ0) is 19.5. The standard InChI is InChI=1S/C16H17BrCl3N3O3/c1-15(2,3)22-14(24)25-11(8-9-4-6-10(17)7-5-9)12-21-13(26-23-12)16(18,19)20/h4-7,11H,8H2,1-3H3,(H,22,24)/t11-/m0/s1. The van der Waals surface area contributed by atoms with Crippen LogP contribution >= 0.6 is 50.7 Å². The van der Waals surface area contributed by atoms with Gasteiger partial charge in [0.05, 0.1) is 0 Å². The first-order valence-electron chi connectivity index (χ1n) is 7.58. The molecule has 1 aromatic carbocycles. The first-order chi connectivity index (χ1) is 11.9. The van der Waals surface area contributed by atoms with Gasteiger partial charge in [0.15, 0.2) is 6.10 Å². The van der Waals surface area contributed by atoms with E-state index in [-0.39, 0.29) is 11.7 Å². The summed E-state index contributed by atoms with van der Waals surface area (Å²) < 4.78 is 9.54. The molecule has 0 saturated heterocycles. The molecule has 26 heavy (non-hydrogen) atoms. The van der Waals surface area contributed by atoms with Gasteiger partial charge in [0.25, 0.3) is 9.68 Å². The van der Waals surface area contributed by atoms with Gasteiger partial charge in [0, 0.05) is 16.4 Å². The maximum atomic E-state index is 12.2. The summed E-state index contributed by atoms with van der Waals surface area (Å²) >= 11 is 20.6. The molecule has 6 nitrogen and oxygen atoms in total. The van der Waals surface area contributed by atoms with Crippen LogP contribution in [0.5, 0.6) is 0 Å². The van der Waals surface area contributed by atoms with Crippen molar-refractivity contribution in [2.24, 2.45) is 0 Å². The van der Waals surface area contributed by atoms with Crippen molar-refractivity contribution in [3.8, 4) is 0 Å². The Kier molecular flexibility index (Phi) is 6.82. The number of hydrogen-bond donors (Lipinski definition) is 1. The zero-order valence-corrected chi connectivity index (χ0v) is 18.1. The summed E-state index contributed by atoms with van der Waals surface area (Å²) in [4.78, 5) is 16.2. The summed E-state index contributed by atoms with van der Waals surface area (Å²) in [7, 11) is 0. The molecular weight excluding hydrogens is 468 g/mol. The van der Waals surface area contributed by atoms with Crippen LogP contribution in [0.4, 0.5) is 4.79 Å². The summed E-state index contributed by atoms with van der Waals surface area (Å²) in [6.07, 6.45) is -1.10. The van der Waals surface area contributed by atoms with Crippen LogP contribution in [0.2, 0.25) is 0 Å². The van der Waals surface area contributed by atoms with E-state index in [1.165, 1.54) is 0 Å². The van der Waals surface area contributed by atoms with Crippen molar-refractivity contribution in [1.29, 1.82) is 0 Å². The Morgan fingerprint density at radius 2 is 1.88 bits per heavy atom. The van der Waals surface area contributed by atoms with E-state index in [4.69, 9.17) is 44.1 Å². The van der Waals surface area contributed by atoms with Crippen molar-refractivity contribution in [3.05, 3.63) is 46.0 Å². The van der Waals surface area contributed by atoms with Crippen molar-refractivity contribution in [3.63, 3.8) is 0 Å². The van der Waals surface area contributed by atoms with Crippen molar-refractivity contribution in [2.75, 3.05) is 0 Å². The molecule has 0 aliphatic heterocycles. The molecule has 0 aliphatic carbocycles. The second kappa shape index (κ2) is 8.33. The number of alkyl halides is 3. The van der Waals surface area contributed by atoms with Crippen LogP contribution < -0.4 is 5.32 Å². The zero-order valence-electron chi connectivity index (χ0n) is 14.2. The largest absolute Gasteiger partial charge is 0.437 e. The highest BCUT2D eigenvalue weighted by molar-refractivity contribution is 9.10. The molecule has 2 rings (SSSR count). The summed E-state index contributed by atoms with van der Waals surface area (Å²) in [6, 6.07) is 7.53. The van der Waals surface area contributed by atoms with Gasteiger partial charge in [0.2, 0.25) is 5.82 Å². The number of rotatable bonds is 4. The van der Waals surface area contributed by atoms with Crippen molar-refractivity contribution < 1.29 is 14.1 Å². The van der Waals surface area contributed by atoms with Crippen molar-refractivity contribution in [1.82, 2.24) is 15.5 Å². The van der Waals surface area contributed by atoms with Gasteiger partial charge in [-0.15, -0.1) is 0 Å². The second-order valence-electron chi connectivity index (χ2n) is 6.56. The van der Waals surface area contributed by atoms with Gasteiger partial charge >= 0.3 is 6.09 Å². The number of amides is 1. The third-order valence-corrected chi connectivity index (χ3v) is 4.05. The molecule has 1 N–H and O–H groups in total. The lowest BCUT2D eigenvalue weighted by Crippen LogP contribution is -2.41. The van der Waals surface area contributed by atoms with E-state index in [0.29, 0.717) is 6.42 Å². The van der Waals surface area contributed by atoms with E-state index in [0.717, 1.165) is 10.0 Å². The first kappa shape index (κ1) is 21.3. The molecule has 0 radical (unpaired) electrons. The fourth-order valence-corrected chi connectivity index (χ4v) is 2.46. The van der Waals surface area contributed by atoms with Crippen LogP contribution in [0.15, 0.2) is 33.3 Å². The highest BCUT2D eigenvalue weighted by Gasteiger charge is 2.33. The number of halogens is 4. The van der Waals surface area contributed by atoms with Crippen LogP contribution in [-0.2, 0) is 15.0 Å². The number of nitrogens with zero attached hydrogens (tertiary/aromatic N) is 2. The maximum absolute atomic E-state index is 12.2. The number of carbonyl (C=O) groups is 1. The molecule has 1 atom stereocenters. The fourth-order valence-electron chi connectivity index (χ4n) is 1.97. The SMILES string of the molecule is CC(C)(C)NC(=O)O[C@@H](Cc1ccc(Br)cc1)c1noc(C(Cl)(Cl)Cl)n1. The van der Waals surface area contributed by atoms with Crippen LogP contribution in [-0.4, -0.2) is 21.8 Å². The predicted molar refractivity (Wildman–Crippen MR) is 103 cm³/mol. The fraction of sp³-hybridized carbons (Fsp3) is 0.438. The average Bonchev–Trinajstić information content (AvgIpc) is 2.97. The van der Waals surface area contributed by atoms with Gasteiger partial charge in [-0.05, 0) is 38.5 Å². The van der Waals surface area contributed by atoms with Gasteiger partial charge in [0.1, 0.15) is 0 Å². The Labute approximate surface area is 174 Å². The first-order valence-corrected chi connectivity index (χ1v) is 9.51. The molecule has 0 bridgehead atoms. The van der Waals surface area contributed by atoms with E-state index in [1.807, 2.05) is 45.0 Å². The van der Waals surface area contributed by atoms with Crippen LogP contribution in [0.3, 0.4) is 0 Å². The van der Waals surface area contributed by atoms with Gasteiger partial charge in [-0.25, -0.2) is 4.79 Å². The normalized spacial score (nSPS) is 13.3. The Morgan fingerprint density at radius 1 is 1.27 bits per heavy atom. The number of benzene rings is 1. The molecule has 0 fully saturated rings. The molecule has 0 saturated carbocycles. The lowest BCUT2D eigenvalue weighted by atomic mass is 10.1. The quantitative estimate of drug-likeness (QED) is 0.582. The van der Waals surface area contributed by atoms with E-state index in [1.54, 1.807) is 0 Å². The lowest BCUT2D eigenvalue weighted by molar-refractivity contribution is 0.0851. The molecule has 0 unspecified atom stereocenters. The minimum Gasteiger partial charge on any atom is -0.437 e. The smallest absolute Gasteiger partial charge is 0.408 e. The van der Waals surface area contributed by atoms with Gasteiger partial charge < -0.3 is 14.6 Å². The highest BCUT2D eigenvalue weighted by atomic mass is 79.9. The Morgan fingerprint density at radius 3 is 2.38 bits per heavy atom. The minimum absolute atomic E-state index is 0.110. The highest BCUT2D eigenvalue weighted by Crippen LogP contribution is 2.37. The summed E-state index contributed by atoms with van der Waals surface area (Å²) in [5, 5.41) is 6.51. The van der Waals surface area contributed by atoms with Gasteiger partial charge in [-0.1, -0.05) is 68.0 Å². The van der Waals surface area contributed by atoms with Crippen molar-refractivity contribution >= 4 is 56.8 Å². The molecule has 142 valence electrons. The van der Waals surface area contributed by atoms with Crippen LogP contribution in [0, 0.1) is 0 Å². The molecule has 1 amide bonds. The number of hydrogen-bond acceptors (Lipinski definition) is 5. The van der Waals surface area contributed by atoms with E-state index in [2.05, 4.69) is 31.4 Å². The predicted octanol–water partition coefficient (Wildman–Crippen LogP) is 5.47. The Hall–Kier alpha value is -1.02. The topological polar surface area (TPSA) is 77.2 Å².